The molecule has 0 spiro atoms. The zero-order valence-electron chi connectivity index (χ0n) is 11.9. The summed E-state index contributed by atoms with van der Waals surface area (Å²) in [7, 11) is 0. The van der Waals surface area contributed by atoms with Crippen LogP contribution in [0.15, 0.2) is 35.7 Å². The Morgan fingerprint density at radius 1 is 1.38 bits per heavy atom. The Bertz CT molecular complexity index is 585. The molecule has 0 aliphatic heterocycles. The average Bonchev–Trinajstić information content (AvgIpc) is 2.98. The molecule has 0 saturated heterocycles. The molecule has 0 aliphatic rings. The number of hydrogen-bond donors (Lipinski definition) is 1. The highest BCUT2D eigenvalue weighted by Gasteiger charge is 2.15. The second-order valence-corrected chi connectivity index (χ2v) is 5.58. The van der Waals surface area contributed by atoms with Crippen molar-refractivity contribution in [1.29, 1.82) is 0 Å². The molecule has 0 amide bonds. The van der Waals surface area contributed by atoms with Gasteiger partial charge in [0, 0.05) is 29.2 Å². The van der Waals surface area contributed by atoms with E-state index >= 15 is 0 Å². The van der Waals surface area contributed by atoms with Crippen LogP contribution in [0.25, 0.3) is 0 Å². The van der Waals surface area contributed by atoms with Gasteiger partial charge in [-0.25, -0.2) is 0 Å². The zero-order valence-corrected chi connectivity index (χ0v) is 12.7. The van der Waals surface area contributed by atoms with Crippen molar-refractivity contribution in [3.8, 4) is 5.75 Å². The molecule has 2 aromatic rings. The Balaban J connectivity index is 2.00. The predicted molar refractivity (Wildman–Crippen MR) is 85.4 cm³/mol. The molecule has 2 rings (SSSR count). The number of benzene rings is 1. The molecule has 0 bridgehead atoms. The van der Waals surface area contributed by atoms with E-state index in [-0.39, 0.29) is 5.69 Å². The maximum absolute atomic E-state index is 11.0. The van der Waals surface area contributed by atoms with Gasteiger partial charge in [0.15, 0.2) is 5.75 Å². The number of anilines is 1. The third-order valence-electron chi connectivity index (χ3n) is 2.90. The second-order valence-electron chi connectivity index (χ2n) is 4.54. The van der Waals surface area contributed by atoms with Crippen molar-refractivity contribution in [3.05, 3.63) is 50.7 Å². The van der Waals surface area contributed by atoms with Crippen LogP contribution in [0.4, 0.5) is 11.4 Å². The summed E-state index contributed by atoms with van der Waals surface area (Å²) in [6.45, 7) is 3.22. The van der Waals surface area contributed by atoms with Gasteiger partial charge in [-0.1, -0.05) is 13.0 Å². The minimum atomic E-state index is -0.416. The summed E-state index contributed by atoms with van der Waals surface area (Å²) < 4.78 is 5.46. The number of rotatable bonds is 8. The van der Waals surface area contributed by atoms with Gasteiger partial charge in [-0.15, -0.1) is 11.3 Å². The molecule has 0 aliphatic carbocycles. The summed E-state index contributed by atoms with van der Waals surface area (Å²) in [5.41, 5.74) is 0.843. The van der Waals surface area contributed by atoms with Crippen LogP contribution in [0.5, 0.6) is 5.75 Å². The fraction of sp³-hybridized carbons (Fsp3) is 0.333. The van der Waals surface area contributed by atoms with Crippen LogP contribution in [0.1, 0.15) is 18.2 Å². The van der Waals surface area contributed by atoms with Crippen molar-refractivity contribution in [2.75, 3.05) is 18.5 Å². The Kier molecular flexibility index (Phi) is 5.57. The molecule has 1 N–H and O–H groups in total. The first-order chi connectivity index (χ1) is 10.2. The number of nitro groups is 1. The second kappa shape index (κ2) is 7.64. The lowest BCUT2D eigenvalue weighted by Gasteiger charge is -2.09. The van der Waals surface area contributed by atoms with E-state index in [0.717, 1.165) is 25.1 Å². The Morgan fingerprint density at radius 3 is 2.90 bits per heavy atom. The van der Waals surface area contributed by atoms with Gasteiger partial charge in [0.2, 0.25) is 0 Å². The van der Waals surface area contributed by atoms with Crippen LogP contribution in [0.2, 0.25) is 0 Å². The van der Waals surface area contributed by atoms with Gasteiger partial charge in [0.1, 0.15) is 0 Å². The van der Waals surface area contributed by atoms with E-state index in [4.69, 9.17) is 4.74 Å². The van der Waals surface area contributed by atoms with Crippen LogP contribution in [0.3, 0.4) is 0 Å². The van der Waals surface area contributed by atoms with Gasteiger partial charge in [0.25, 0.3) is 0 Å². The van der Waals surface area contributed by atoms with E-state index < -0.39 is 4.92 Å². The van der Waals surface area contributed by atoms with Crippen LogP contribution >= 0.6 is 11.3 Å². The first kappa shape index (κ1) is 15.3. The average molecular weight is 306 g/mol. The number of nitrogens with one attached hydrogen (secondary N) is 1. The van der Waals surface area contributed by atoms with Crippen molar-refractivity contribution in [1.82, 2.24) is 0 Å². The summed E-state index contributed by atoms with van der Waals surface area (Å²) in [5, 5.41) is 16.3. The Labute approximate surface area is 127 Å². The van der Waals surface area contributed by atoms with Gasteiger partial charge in [-0.05, 0) is 30.4 Å². The third-order valence-corrected chi connectivity index (χ3v) is 3.83. The molecule has 0 atom stereocenters. The number of ether oxygens (including phenoxy) is 1. The van der Waals surface area contributed by atoms with Gasteiger partial charge < -0.3 is 10.1 Å². The van der Waals surface area contributed by atoms with Crippen molar-refractivity contribution in [2.24, 2.45) is 0 Å². The lowest BCUT2D eigenvalue weighted by molar-refractivity contribution is -0.385. The SMILES string of the molecule is CCCOc1cc(NCCc2cccs2)ccc1[N+](=O)[O-]. The molecular formula is C15H18N2O3S. The van der Waals surface area contributed by atoms with E-state index in [1.165, 1.54) is 10.9 Å². The molecular weight excluding hydrogens is 288 g/mol. The molecule has 6 heteroatoms. The fourth-order valence-corrected chi connectivity index (χ4v) is 2.60. The van der Waals surface area contributed by atoms with E-state index in [0.29, 0.717) is 12.4 Å². The van der Waals surface area contributed by atoms with Crippen molar-refractivity contribution >= 4 is 22.7 Å². The van der Waals surface area contributed by atoms with Crippen molar-refractivity contribution in [2.45, 2.75) is 19.8 Å². The molecule has 1 heterocycles. The first-order valence-corrected chi connectivity index (χ1v) is 7.76. The Morgan fingerprint density at radius 2 is 2.24 bits per heavy atom. The fourth-order valence-electron chi connectivity index (χ4n) is 1.89. The quantitative estimate of drug-likeness (QED) is 0.589. The summed E-state index contributed by atoms with van der Waals surface area (Å²) in [6, 6.07) is 9.02. The summed E-state index contributed by atoms with van der Waals surface area (Å²) >= 11 is 1.72. The highest BCUT2D eigenvalue weighted by atomic mass is 32.1. The van der Waals surface area contributed by atoms with Gasteiger partial charge in [0.05, 0.1) is 11.5 Å². The molecule has 112 valence electrons. The topological polar surface area (TPSA) is 64.4 Å². The standard InChI is InChI=1S/C15H18N2O3S/c1-2-9-20-15-11-12(5-6-14(15)17(18)19)16-8-7-13-4-3-10-21-13/h3-6,10-11,16H,2,7-9H2,1H3. The number of nitrogens with zero attached hydrogens (tertiary/aromatic N) is 1. The third kappa shape index (κ3) is 4.46. The molecule has 1 aromatic heterocycles. The number of thiophene rings is 1. The molecule has 0 radical (unpaired) electrons. The van der Waals surface area contributed by atoms with Crippen LogP contribution in [-0.4, -0.2) is 18.1 Å². The minimum absolute atomic E-state index is 0.00672. The first-order valence-electron chi connectivity index (χ1n) is 6.88. The maximum atomic E-state index is 11.0. The highest BCUT2D eigenvalue weighted by molar-refractivity contribution is 7.09. The van der Waals surface area contributed by atoms with Crippen molar-refractivity contribution in [3.63, 3.8) is 0 Å². The number of nitro benzene ring substituents is 1. The molecule has 5 nitrogen and oxygen atoms in total. The summed E-state index contributed by atoms with van der Waals surface area (Å²) in [5.74, 6) is 0.322. The van der Waals surface area contributed by atoms with Crippen LogP contribution in [-0.2, 0) is 6.42 Å². The molecule has 0 unspecified atom stereocenters. The zero-order chi connectivity index (χ0) is 15.1. The lowest BCUT2D eigenvalue weighted by Crippen LogP contribution is -2.05. The summed E-state index contributed by atoms with van der Waals surface area (Å²) in [6.07, 6.45) is 1.74. The Hall–Kier alpha value is -2.08. The molecule has 21 heavy (non-hydrogen) atoms. The van der Waals surface area contributed by atoms with Gasteiger partial charge in [-0.3, -0.25) is 10.1 Å². The number of hydrogen-bond acceptors (Lipinski definition) is 5. The molecule has 0 saturated carbocycles. The van der Waals surface area contributed by atoms with E-state index in [2.05, 4.69) is 16.8 Å². The normalized spacial score (nSPS) is 10.3. The predicted octanol–water partition coefficient (Wildman–Crippen LogP) is 4.10. The van der Waals surface area contributed by atoms with E-state index in [9.17, 15) is 10.1 Å². The van der Waals surface area contributed by atoms with Gasteiger partial charge in [-0.2, -0.15) is 0 Å². The van der Waals surface area contributed by atoms with E-state index in [1.807, 2.05) is 13.0 Å². The smallest absolute Gasteiger partial charge is 0.311 e. The summed E-state index contributed by atoms with van der Waals surface area (Å²) in [4.78, 5) is 11.9. The molecule has 0 fully saturated rings. The largest absolute Gasteiger partial charge is 0.487 e. The van der Waals surface area contributed by atoms with Gasteiger partial charge >= 0.3 is 5.69 Å². The molecule has 1 aromatic carbocycles. The minimum Gasteiger partial charge on any atom is -0.487 e. The highest BCUT2D eigenvalue weighted by Crippen LogP contribution is 2.30. The maximum Gasteiger partial charge on any atom is 0.311 e. The van der Waals surface area contributed by atoms with Crippen LogP contribution in [0, 0.1) is 10.1 Å². The lowest BCUT2D eigenvalue weighted by atomic mass is 10.2. The van der Waals surface area contributed by atoms with E-state index in [1.54, 1.807) is 23.5 Å². The van der Waals surface area contributed by atoms with Crippen LogP contribution < -0.4 is 10.1 Å². The van der Waals surface area contributed by atoms with Crippen molar-refractivity contribution < 1.29 is 9.66 Å². The monoisotopic (exact) mass is 306 g/mol.